The summed E-state index contributed by atoms with van der Waals surface area (Å²) in [6.07, 6.45) is 2.13. The third-order valence-electron chi connectivity index (χ3n) is 3.35. The minimum absolute atomic E-state index is 0.208. The van der Waals surface area contributed by atoms with Crippen molar-refractivity contribution in [3.63, 3.8) is 0 Å². The summed E-state index contributed by atoms with van der Waals surface area (Å²) in [7, 11) is 1.42. The molecule has 0 spiro atoms. The van der Waals surface area contributed by atoms with Crippen molar-refractivity contribution in [1.82, 2.24) is 0 Å². The van der Waals surface area contributed by atoms with Crippen LogP contribution in [0, 0.1) is 24.0 Å². The number of aryl methyl sites for hydroxylation is 2. The number of hydrogen-bond acceptors (Lipinski definition) is 6. The van der Waals surface area contributed by atoms with E-state index in [0.717, 1.165) is 17.3 Å². The first-order chi connectivity index (χ1) is 12.4. The van der Waals surface area contributed by atoms with Crippen molar-refractivity contribution in [2.24, 2.45) is 0 Å². The van der Waals surface area contributed by atoms with Gasteiger partial charge in [-0.15, -0.1) is 0 Å². The Balaban J connectivity index is 2.02. The van der Waals surface area contributed by atoms with Crippen LogP contribution >= 0.6 is 0 Å². The summed E-state index contributed by atoms with van der Waals surface area (Å²) in [5.74, 6) is 0.498. The molecule has 0 saturated carbocycles. The molecule has 0 radical (unpaired) electrons. The first kappa shape index (κ1) is 19.0. The second-order valence-electron chi connectivity index (χ2n) is 5.60. The standard InChI is InChI=1S/C19H19NO6/c1-13-8-14(2)10-16(9-13)25-12-19(21)26-17-5-4-15(6-7-20(22)23)11-18(17)24-3/h4-11H,12H2,1-3H3. The van der Waals surface area contributed by atoms with Gasteiger partial charge in [0.1, 0.15) is 5.75 Å². The Kier molecular flexibility index (Phi) is 6.32. The summed E-state index contributed by atoms with van der Waals surface area (Å²) in [6, 6.07) is 10.3. The summed E-state index contributed by atoms with van der Waals surface area (Å²) >= 11 is 0. The van der Waals surface area contributed by atoms with Crippen LogP contribution in [0.4, 0.5) is 0 Å². The Morgan fingerprint density at radius 3 is 2.42 bits per heavy atom. The molecule has 2 aromatic carbocycles. The number of rotatable bonds is 7. The van der Waals surface area contributed by atoms with Crippen LogP contribution in [0.3, 0.4) is 0 Å². The van der Waals surface area contributed by atoms with Crippen molar-refractivity contribution in [3.05, 3.63) is 69.4 Å². The Morgan fingerprint density at radius 2 is 1.81 bits per heavy atom. The van der Waals surface area contributed by atoms with E-state index < -0.39 is 10.9 Å². The molecule has 26 heavy (non-hydrogen) atoms. The maximum absolute atomic E-state index is 12.0. The summed E-state index contributed by atoms with van der Waals surface area (Å²) < 4.78 is 15.9. The molecular weight excluding hydrogens is 338 g/mol. The van der Waals surface area contributed by atoms with Gasteiger partial charge in [-0.3, -0.25) is 10.1 Å². The highest BCUT2D eigenvalue weighted by molar-refractivity contribution is 5.75. The Morgan fingerprint density at radius 1 is 1.12 bits per heavy atom. The van der Waals surface area contributed by atoms with Crippen molar-refractivity contribution >= 4 is 12.0 Å². The molecule has 0 amide bonds. The molecule has 0 N–H and O–H groups in total. The molecule has 0 fully saturated rings. The van der Waals surface area contributed by atoms with E-state index in [0.29, 0.717) is 11.3 Å². The number of methoxy groups -OCH3 is 1. The van der Waals surface area contributed by atoms with Crippen LogP contribution in [-0.2, 0) is 4.79 Å². The lowest BCUT2D eigenvalue weighted by Gasteiger charge is -2.11. The van der Waals surface area contributed by atoms with Crippen molar-refractivity contribution in [3.8, 4) is 17.2 Å². The summed E-state index contributed by atoms with van der Waals surface area (Å²) in [6.45, 7) is 3.63. The second kappa shape index (κ2) is 8.66. The van der Waals surface area contributed by atoms with Gasteiger partial charge in [0.25, 0.3) is 0 Å². The smallest absolute Gasteiger partial charge is 0.349 e. The van der Waals surface area contributed by atoms with Crippen molar-refractivity contribution in [1.29, 1.82) is 0 Å². The molecule has 2 rings (SSSR count). The van der Waals surface area contributed by atoms with Gasteiger partial charge in [0, 0.05) is 6.08 Å². The average molecular weight is 357 g/mol. The number of nitro groups is 1. The van der Waals surface area contributed by atoms with E-state index in [1.165, 1.54) is 25.3 Å². The van der Waals surface area contributed by atoms with E-state index in [4.69, 9.17) is 14.2 Å². The Hall–Kier alpha value is -3.35. The first-order valence-corrected chi connectivity index (χ1v) is 7.79. The maximum atomic E-state index is 12.0. The highest BCUT2D eigenvalue weighted by Crippen LogP contribution is 2.28. The molecule has 0 bridgehead atoms. The van der Waals surface area contributed by atoms with Crippen LogP contribution < -0.4 is 14.2 Å². The number of carbonyl (C=O) groups excluding carboxylic acids is 1. The number of ether oxygens (including phenoxy) is 3. The fraction of sp³-hybridized carbons (Fsp3) is 0.211. The van der Waals surface area contributed by atoms with Gasteiger partial charge in [-0.2, -0.15) is 0 Å². The molecule has 7 nitrogen and oxygen atoms in total. The predicted octanol–water partition coefficient (Wildman–Crippen LogP) is 3.54. The zero-order valence-electron chi connectivity index (χ0n) is 14.7. The molecule has 0 aliphatic rings. The summed E-state index contributed by atoms with van der Waals surface area (Å²) in [5, 5.41) is 10.4. The van der Waals surface area contributed by atoms with E-state index in [9.17, 15) is 14.9 Å². The molecule has 0 saturated heterocycles. The molecule has 0 aliphatic carbocycles. The summed E-state index contributed by atoms with van der Waals surface area (Å²) in [4.78, 5) is 21.8. The predicted molar refractivity (Wildman–Crippen MR) is 96.1 cm³/mol. The zero-order chi connectivity index (χ0) is 19.1. The van der Waals surface area contributed by atoms with Crippen molar-refractivity contribution in [2.75, 3.05) is 13.7 Å². The quantitative estimate of drug-likeness (QED) is 0.326. The summed E-state index contributed by atoms with van der Waals surface area (Å²) in [5.41, 5.74) is 2.62. The molecule has 0 aromatic heterocycles. The van der Waals surface area contributed by atoms with Crippen LogP contribution in [0.2, 0.25) is 0 Å². The van der Waals surface area contributed by atoms with Gasteiger partial charge in [0.15, 0.2) is 18.1 Å². The number of esters is 1. The average Bonchev–Trinajstić information content (AvgIpc) is 2.58. The highest BCUT2D eigenvalue weighted by atomic mass is 16.6. The topological polar surface area (TPSA) is 87.9 Å². The van der Waals surface area contributed by atoms with E-state index in [-0.39, 0.29) is 18.1 Å². The first-order valence-electron chi connectivity index (χ1n) is 7.79. The monoisotopic (exact) mass is 357 g/mol. The molecule has 0 atom stereocenters. The van der Waals surface area contributed by atoms with E-state index in [1.54, 1.807) is 6.07 Å². The van der Waals surface area contributed by atoms with Crippen LogP contribution in [0.25, 0.3) is 6.08 Å². The Labute approximate surface area is 151 Å². The van der Waals surface area contributed by atoms with Crippen molar-refractivity contribution < 1.29 is 23.9 Å². The van der Waals surface area contributed by atoms with E-state index in [2.05, 4.69) is 0 Å². The van der Waals surface area contributed by atoms with Crippen LogP contribution in [-0.4, -0.2) is 24.6 Å². The molecule has 0 unspecified atom stereocenters. The number of benzene rings is 2. The maximum Gasteiger partial charge on any atom is 0.349 e. The van der Waals surface area contributed by atoms with Crippen LogP contribution in [0.1, 0.15) is 16.7 Å². The fourth-order valence-corrected chi connectivity index (χ4v) is 2.33. The van der Waals surface area contributed by atoms with Gasteiger partial charge in [-0.05, 0) is 54.8 Å². The zero-order valence-corrected chi connectivity index (χ0v) is 14.7. The second-order valence-corrected chi connectivity index (χ2v) is 5.60. The normalized spacial score (nSPS) is 10.6. The number of hydrogen-bond donors (Lipinski definition) is 0. The molecule has 2 aromatic rings. The number of nitrogens with zero attached hydrogens (tertiary/aromatic N) is 1. The minimum Gasteiger partial charge on any atom is -0.493 e. The van der Waals surface area contributed by atoms with Crippen LogP contribution in [0.5, 0.6) is 17.2 Å². The lowest BCUT2D eigenvalue weighted by atomic mass is 10.1. The van der Waals surface area contributed by atoms with Gasteiger partial charge < -0.3 is 14.2 Å². The number of carbonyl (C=O) groups is 1. The van der Waals surface area contributed by atoms with Gasteiger partial charge >= 0.3 is 5.97 Å². The SMILES string of the molecule is COc1cc(C=C[N+](=O)[O-])ccc1OC(=O)COc1cc(C)cc(C)c1. The van der Waals surface area contributed by atoms with Gasteiger partial charge in [0.2, 0.25) is 6.20 Å². The Bertz CT molecular complexity index is 824. The third-order valence-corrected chi connectivity index (χ3v) is 3.35. The molecule has 0 aliphatic heterocycles. The lowest BCUT2D eigenvalue weighted by Crippen LogP contribution is -2.18. The third kappa shape index (κ3) is 5.62. The van der Waals surface area contributed by atoms with E-state index >= 15 is 0 Å². The lowest BCUT2D eigenvalue weighted by molar-refractivity contribution is -0.400. The molecule has 136 valence electrons. The van der Waals surface area contributed by atoms with Gasteiger partial charge in [-0.1, -0.05) is 12.1 Å². The molecule has 0 heterocycles. The van der Waals surface area contributed by atoms with Crippen molar-refractivity contribution in [2.45, 2.75) is 13.8 Å². The molecular formula is C19H19NO6. The van der Waals surface area contributed by atoms with E-state index in [1.807, 2.05) is 32.0 Å². The fourth-order valence-electron chi connectivity index (χ4n) is 2.33. The largest absolute Gasteiger partial charge is 0.493 e. The van der Waals surface area contributed by atoms with Gasteiger partial charge in [0.05, 0.1) is 12.0 Å². The minimum atomic E-state index is -0.587. The van der Waals surface area contributed by atoms with Crippen LogP contribution in [0.15, 0.2) is 42.6 Å². The molecule has 7 heteroatoms. The highest BCUT2D eigenvalue weighted by Gasteiger charge is 2.12. The van der Waals surface area contributed by atoms with Gasteiger partial charge in [-0.25, -0.2) is 4.79 Å².